The SMILES string of the molecule is C=CCOC(=O)N1C[C@@H](SC2=C(C(=O)O)N3C(=O)[C@H]([C@@H](C)O)[C@H]3[C@H]2C)C[C@@H]1C(C)c1ccn[nH]1. The fourth-order valence-electron chi connectivity index (χ4n) is 5.39. The molecule has 3 N–H and O–H groups in total. The average molecular weight is 491 g/mol. The first-order valence-corrected chi connectivity index (χ1v) is 12.2. The fraction of sp³-hybridized carbons (Fsp3) is 0.565. The van der Waals surface area contributed by atoms with Gasteiger partial charge in [-0.15, -0.1) is 11.8 Å². The second-order valence-corrected chi connectivity index (χ2v) is 10.5. The van der Waals surface area contributed by atoms with Crippen LogP contribution in [0.5, 0.6) is 0 Å². The molecule has 1 aromatic rings. The van der Waals surface area contributed by atoms with E-state index in [-0.39, 0.29) is 47.4 Å². The van der Waals surface area contributed by atoms with Crippen LogP contribution in [0, 0.1) is 11.8 Å². The molecule has 0 aromatic carbocycles. The number of aliphatic hydroxyl groups excluding tert-OH is 1. The van der Waals surface area contributed by atoms with Gasteiger partial charge in [0.2, 0.25) is 5.91 Å². The highest BCUT2D eigenvalue weighted by Crippen LogP contribution is 2.52. The number of carboxylic acid groups (broad SMARTS) is 1. The number of β-lactam (4-membered cyclic amide) rings is 1. The summed E-state index contributed by atoms with van der Waals surface area (Å²) in [6, 6.07) is 1.33. The lowest BCUT2D eigenvalue weighted by Gasteiger charge is -2.46. The zero-order valence-electron chi connectivity index (χ0n) is 19.4. The first kappa shape index (κ1) is 24.3. The molecule has 7 atom stereocenters. The van der Waals surface area contributed by atoms with Crippen LogP contribution in [-0.2, 0) is 14.3 Å². The fourth-order valence-corrected chi connectivity index (χ4v) is 6.93. The zero-order valence-corrected chi connectivity index (χ0v) is 20.2. The van der Waals surface area contributed by atoms with Gasteiger partial charge in [-0.25, -0.2) is 9.59 Å². The van der Waals surface area contributed by atoms with E-state index in [1.165, 1.54) is 22.7 Å². The summed E-state index contributed by atoms with van der Waals surface area (Å²) in [5.41, 5.74) is 0.890. The van der Waals surface area contributed by atoms with Crippen LogP contribution in [0.15, 0.2) is 35.5 Å². The summed E-state index contributed by atoms with van der Waals surface area (Å²) in [5.74, 6) is -2.38. The Hall–Kier alpha value is -2.79. The van der Waals surface area contributed by atoms with E-state index in [1.54, 1.807) is 18.0 Å². The number of ether oxygens (including phenoxy) is 1. The van der Waals surface area contributed by atoms with Gasteiger partial charge in [-0.1, -0.05) is 26.5 Å². The van der Waals surface area contributed by atoms with Crippen molar-refractivity contribution in [1.82, 2.24) is 20.0 Å². The lowest BCUT2D eigenvalue weighted by Crippen LogP contribution is -2.63. The van der Waals surface area contributed by atoms with Crippen molar-refractivity contribution in [1.29, 1.82) is 0 Å². The minimum absolute atomic E-state index is 0.00440. The van der Waals surface area contributed by atoms with Gasteiger partial charge in [0.25, 0.3) is 0 Å². The molecule has 1 aromatic heterocycles. The highest BCUT2D eigenvalue weighted by molar-refractivity contribution is 8.03. The molecule has 3 aliphatic heterocycles. The van der Waals surface area contributed by atoms with Crippen molar-refractivity contribution < 1.29 is 29.3 Å². The van der Waals surface area contributed by atoms with Crippen LogP contribution in [0.2, 0.25) is 0 Å². The lowest BCUT2D eigenvalue weighted by atomic mass is 9.79. The minimum atomic E-state index is -1.16. The van der Waals surface area contributed by atoms with Crippen molar-refractivity contribution in [3.05, 3.63) is 41.2 Å². The summed E-state index contributed by atoms with van der Waals surface area (Å²) in [5, 5.41) is 26.9. The van der Waals surface area contributed by atoms with Gasteiger partial charge in [-0.3, -0.25) is 9.89 Å². The average Bonchev–Trinajstić information content (AvgIpc) is 3.50. The van der Waals surface area contributed by atoms with Gasteiger partial charge in [0.05, 0.1) is 18.1 Å². The predicted octanol–water partition coefficient (Wildman–Crippen LogP) is 2.17. The van der Waals surface area contributed by atoms with Gasteiger partial charge in [-0.2, -0.15) is 5.10 Å². The Kier molecular flexibility index (Phi) is 6.77. The Morgan fingerprint density at radius 2 is 2.18 bits per heavy atom. The van der Waals surface area contributed by atoms with Crippen molar-refractivity contribution in [3.8, 4) is 0 Å². The molecule has 4 rings (SSSR count). The number of hydrogen-bond donors (Lipinski definition) is 3. The normalized spacial score (nSPS) is 30.1. The van der Waals surface area contributed by atoms with E-state index in [2.05, 4.69) is 16.8 Å². The van der Waals surface area contributed by atoms with Gasteiger partial charge in [-0.05, 0) is 19.4 Å². The van der Waals surface area contributed by atoms with Crippen LogP contribution in [0.25, 0.3) is 0 Å². The Balaban J connectivity index is 1.58. The topological polar surface area (TPSA) is 136 Å². The monoisotopic (exact) mass is 490 g/mol. The smallest absolute Gasteiger partial charge is 0.410 e. The molecule has 2 fully saturated rings. The number of aliphatic hydroxyl groups is 1. The van der Waals surface area contributed by atoms with E-state index in [1.807, 2.05) is 19.9 Å². The quantitative estimate of drug-likeness (QED) is 0.373. The molecule has 3 aliphatic rings. The molecule has 1 unspecified atom stereocenters. The molecular weight excluding hydrogens is 460 g/mol. The number of aliphatic carboxylic acids is 1. The lowest BCUT2D eigenvalue weighted by molar-refractivity contribution is -0.163. The standard InChI is InChI=1S/C23H30N4O6S/c1-5-8-33-23(32)26-10-14(9-16(26)11(2)15-6-7-24-25-15)34-20-12(3)18-17(13(4)28)21(29)27(18)19(20)22(30)31/h5-7,11-14,16-18,28H,1,8-10H2,2-4H3,(H,24,25)(H,30,31)/t11?,12-,13-,14+,16-,17-,18-/m1/s1. The molecule has 2 amide bonds. The molecule has 4 heterocycles. The summed E-state index contributed by atoms with van der Waals surface area (Å²) >= 11 is 1.41. The molecule has 11 heteroatoms. The largest absolute Gasteiger partial charge is 0.477 e. The van der Waals surface area contributed by atoms with Gasteiger partial charge in [0.1, 0.15) is 12.3 Å². The first-order chi connectivity index (χ1) is 16.2. The number of aromatic nitrogens is 2. The zero-order chi connectivity index (χ0) is 24.7. The molecule has 0 spiro atoms. The van der Waals surface area contributed by atoms with Gasteiger partial charge < -0.3 is 24.7 Å². The van der Waals surface area contributed by atoms with Gasteiger partial charge in [0, 0.05) is 46.5 Å². The van der Waals surface area contributed by atoms with E-state index in [9.17, 15) is 24.6 Å². The number of carbonyl (C=O) groups excluding carboxylic acids is 2. The number of aromatic amines is 1. The van der Waals surface area contributed by atoms with Crippen LogP contribution in [0.4, 0.5) is 4.79 Å². The molecule has 0 radical (unpaired) electrons. The predicted molar refractivity (Wildman–Crippen MR) is 125 cm³/mol. The van der Waals surface area contributed by atoms with Crippen LogP contribution in [0.1, 0.15) is 38.8 Å². The number of H-pyrrole nitrogens is 1. The number of rotatable bonds is 8. The third-order valence-electron chi connectivity index (χ3n) is 7.06. The summed E-state index contributed by atoms with van der Waals surface area (Å²) in [4.78, 5) is 41.2. The molecule has 0 aliphatic carbocycles. The van der Waals surface area contributed by atoms with Crippen molar-refractivity contribution in [2.45, 2.75) is 56.5 Å². The van der Waals surface area contributed by atoms with Crippen molar-refractivity contribution >= 4 is 29.7 Å². The van der Waals surface area contributed by atoms with Gasteiger partial charge >= 0.3 is 12.1 Å². The maximum Gasteiger partial charge on any atom is 0.410 e. The van der Waals surface area contributed by atoms with Crippen molar-refractivity contribution in [2.24, 2.45) is 11.8 Å². The molecule has 2 saturated heterocycles. The van der Waals surface area contributed by atoms with E-state index in [4.69, 9.17) is 4.74 Å². The number of likely N-dealkylation sites (tertiary alicyclic amines) is 1. The van der Waals surface area contributed by atoms with Crippen LogP contribution < -0.4 is 0 Å². The maximum atomic E-state index is 12.8. The molecule has 0 saturated carbocycles. The number of carboxylic acids is 1. The number of nitrogens with one attached hydrogen (secondary N) is 1. The molecule has 0 bridgehead atoms. The highest BCUT2D eigenvalue weighted by atomic mass is 32.2. The number of fused-ring (bicyclic) bond motifs is 1. The van der Waals surface area contributed by atoms with E-state index in [0.717, 1.165) is 5.69 Å². The summed E-state index contributed by atoms with van der Waals surface area (Å²) in [6.07, 6.45) is 2.50. The highest BCUT2D eigenvalue weighted by Gasteiger charge is 2.60. The molecular formula is C23H30N4O6S. The second-order valence-electron chi connectivity index (χ2n) is 9.13. The summed E-state index contributed by atoms with van der Waals surface area (Å²) in [7, 11) is 0. The third-order valence-corrected chi connectivity index (χ3v) is 8.55. The summed E-state index contributed by atoms with van der Waals surface area (Å²) in [6.45, 7) is 9.54. The minimum Gasteiger partial charge on any atom is -0.477 e. The van der Waals surface area contributed by atoms with Crippen LogP contribution in [0.3, 0.4) is 0 Å². The Bertz CT molecular complexity index is 1010. The first-order valence-electron chi connectivity index (χ1n) is 11.4. The van der Waals surface area contributed by atoms with Crippen molar-refractivity contribution in [3.63, 3.8) is 0 Å². The second kappa shape index (κ2) is 9.46. The van der Waals surface area contributed by atoms with E-state index < -0.39 is 24.1 Å². The van der Waals surface area contributed by atoms with E-state index in [0.29, 0.717) is 17.9 Å². The van der Waals surface area contributed by atoms with Crippen LogP contribution in [-0.4, -0.2) is 84.8 Å². The molecule has 34 heavy (non-hydrogen) atoms. The van der Waals surface area contributed by atoms with E-state index >= 15 is 0 Å². The molecule has 184 valence electrons. The Labute approximate surface area is 202 Å². The number of nitrogens with zero attached hydrogens (tertiary/aromatic N) is 3. The van der Waals surface area contributed by atoms with Crippen LogP contribution >= 0.6 is 11.8 Å². The molecule has 10 nitrogen and oxygen atoms in total. The maximum absolute atomic E-state index is 12.8. The Morgan fingerprint density at radius 1 is 1.44 bits per heavy atom. The summed E-state index contributed by atoms with van der Waals surface area (Å²) < 4.78 is 5.32. The van der Waals surface area contributed by atoms with Gasteiger partial charge in [0.15, 0.2) is 0 Å². The number of carbonyl (C=O) groups is 3. The number of hydrogen-bond acceptors (Lipinski definition) is 7. The third kappa shape index (κ3) is 4.00. The van der Waals surface area contributed by atoms with Crippen molar-refractivity contribution in [2.75, 3.05) is 13.2 Å². The Morgan fingerprint density at radius 3 is 2.76 bits per heavy atom. The number of thioether (sulfide) groups is 1. The number of amides is 2.